The van der Waals surface area contributed by atoms with Crippen molar-refractivity contribution in [2.45, 2.75) is 58.3 Å². The quantitative estimate of drug-likeness (QED) is 0.178. The van der Waals surface area contributed by atoms with E-state index in [1.807, 2.05) is 17.0 Å². The summed E-state index contributed by atoms with van der Waals surface area (Å²) in [6, 6.07) is 47.5. The second-order valence-electron chi connectivity index (χ2n) is 16.8. The minimum atomic E-state index is -0.230. The largest absolute Gasteiger partial charge is 0.321 e. The van der Waals surface area contributed by atoms with E-state index in [0.717, 1.165) is 46.2 Å². The molecule has 4 nitrogen and oxygen atoms in total. The SMILES string of the molecule is CCCCN1C(=O)C2=C(c3ccc(-c4ccc5c(c4)C(C)(C)c4ccccc4-5)cc3)NC(=O)C2=C1c1ccc(-c2ccc3c(c2)C(C)(C)c2ccccc2-3)cc1. The second kappa shape index (κ2) is 12.4. The molecule has 0 saturated heterocycles. The van der Waals surface area contributed by atoms with Crippen LogP contribution in [0, 0.1) is 0 Å². The number of carbonyl (C=O) groups excluding carboxylic acids is 2. The Morgan fingerprint density at radius 1 is 0.500 bits per heavy atom. The number of unbranched alkanes of at least 4 members (excludes halogenated alkanes) is 1. The monoisotopic (exact) mass is 728 g/mol. The Balaban J connectivity index is 0.988. The van der Waals surface area contributed by atoms with Gasteiger partial charge in [-0.15, -0.1) is 0 Å². The standard InChI is InChI=1S/C52H44N2O2/c1-6-7-28-54-48(34-22-18-32(19-23-34)36-25-27-40-38-13-9-11-15-42(38)52(4,5)44(40)30-36)46-45(50(54)56)47(53-49(46)55)33-20-16-31(17-21-33)35-24-26-39-37-12-8-10-14-41(37)51(2,3)43(39)29-35/h8-27,29-30H,6-7,28H2,1-5H3,(H,53,55). The van der Waals surface area contributed by atoms with Gasteiger partial charge in [-0.3, -0.25) is 9.59 Å². The maximum atomic E-state index is 14.3. The van der Waals surface area contributed by atoms with Gasteiger partial charge in [0, 0.05) is 17.4 Å². The van der Waals surface area contributed by atoms with Gasteiger partial charge >= 0.3 is 0 Å². The number of fused-ring (bicyclic) bond motifs is 7. The zero-order valence-corrected chi connectivity index (χ0v) is 32.6. The van der Waals surface area contributed by atoms with Crippen LogP contribution in [0.15, 0.2) is 145 Å². The first kappa shape index (κ1) is 34.2. The molecule has 6 aromatic rings. The number of rotatable bonds is 7. The molecule has 4 aliphatic rings. The Morgan fingerprint density at radius 3 is 1.46 bits per heavy atom. The normalized spacial score (nSPS) is 16.8. The van der Waals surface area contributed by atoms with Crippen molar-refractivity contribution in [1.29, 1.82) is 0 Å². The summed E-state index contributed by atoms with van der Waals surface area (Å²) in [6.45, 7) is 11.9. The number of amides is 2. The zero-order valence-electron chi connectivity index (χ0n) is 32.6. The van der Waals surface area contributed by atoms with Crippen molar-refractivity contribution < 1.29 is 9.59 Å². The van der Waals surface area contributed by atoms with Crippen LogP contribution in [0.25, 0.3) is 55.9 Å². The van der Waals surface area contributed by atoms with Gasteiger partial charge in [0.25, 0.3) is 11.8 Å². The lowest BCUT2D eigenvalue weighted by atomic mass is 9.81. The summed E-state index contributed by atoms with van der Waals surface area (Å²) in [7, 11) is 0. The lowest BCUT2D eigenvalue weighted by Gasteiger charge is -2.22. The molecule has 0 atom stereocenters. The molecular formula is C52H44N2O2. The van der Waals surface area contributed by atoms with E-state index in [4.69, 9.17) is 0 Å². The number of nitrogens with zero attached hydrogens (tertiary/aromatic N) is 1. The molecule has 1 N–H and O–H groups in total. The number of hydrogen-bond acceptors (Lipinski definition) is 2. The number of hydrogen-bond donors (Lipinski definition) is 1. The summed E-state index contributed by atoms with van der Waals surface area (Å²) in [5.74, 6) is -0.350. The van der Waals surface area contributed by atoms with Gasteiger partial charge in [-0.1, -0.05) is 162 Å². The van der Waals surface area contributed by atoms with Crippen molar-refractivity contribution in [3.05, 3.63) is 178 Å². The predicted molar refractivity (Wildman–Crippen MR) is 227 cm³/mol. The number of carbonyl (C=O) groups is 2. The summed E-state index contributed by atoms with van der Waals surface area (Å²) in [6.07, 6.45) is 1.78. The van der Waals surface area contributed by atoms with Crippen LogP contribution in [-0.2, 0) is 20.4 Å². The van der Waals surface area contributed by atoms with Crippen LogP contribution in [0.4, 0.5) is 0 Å². The smallest absolute Gasteiger partial charge is 0.261 e. The van der Waals surface area contributed by atoms with Crippen molar-refractivity contribution in [2.24, 2.45) is 0 Å². The fourth-order valence-electron chi connectivity index (χ4n) is 9.75. The lowest BCUT2D eigenvalue weighted by molar-refractivity contribution is -0.123. The Labute approximate surface area is 329 Å². The Hall–Kier alpha value is -6.26. The minimum absolute atomic E-state index is 0.0816. The molecule has 4 heteroatoms. The average Bonchev–Trinajstić information content (AvgIpc) is 3.87. The third-order valence-electron chi connectivity index (χ3n) is 12.8. The molecule has 6 aromatic carbocycles. The maximum Gasteiger partial charge on any atom is 0.261 e. The number of nitrogens with one attached hydrogen (secondary N) is 1. The van der Waals surface area contributed by atoms with E-state index in [1.165, 1.54) is 44.5 Å². The highest BCUT2D eigenvalue weighted by molar-refractivity contribution is 6.30. The van der Waals surface area contributed by atoms with Crippen LogP contribution < -0.4 is 5.32 Å². The van der Waals surface area contributed by atoms with Gasteiger partial charge in [0.1, 0.15) is 0 Å². The molecule has 0 radical (unpaired) electrons. The molecule has 0 bridgehead atoms. The molecule has 0 spiro atoms. The average molecular weight is 729 g/mol. The van der Waals surface area contributed by atoms with Gasteiger partial charge in [0.2, 0.25) is 0 Å². The predicted octanol–water partition coefficient (Wildman–Crippen LogP) is 11.5. The summed E-state index contributed by atoms with van der Waals surface area (Å²) >= 11 is 0. The van der Waals surface area contributed by atoms with E-state index >= 15 is 0 Å². The summed E-state index contributed by atoms with van der Waals surface area (Å²) in [5.41, 5.74) is 18.8. The summed E-state index contributed by atoms with van der Waals surface area (Å²) in [5, 5.41) is 3.10. The molecule has 0 unspecified atom stereocenters. The molecule has 0 aromatic heterocycles. The van der Waals surface area contributed by atoms with Crippen molar-refractivity contribution in [2.75, 3.05) is 6.54 Å². The Kier molecular flexibility index (Phi) is 7.57. The zero-order chi connectivity index (χ0) is 38.5. The maximum absolute atomic E-state index is 14.3. The highest BCUT2D eigenvalue weighted by Gasteiger charge is 2.45. The van der Waals surface area contributed by atoms with Crippen molar-refractivity contribution in [1.82, 2.24) is 10.2 Å². The molecule has 2 amide bonds. The first-order chi connectivity index (χ1) is 27.1. The van der Waals surface area contributed by atoms with Crippen LogP contribution in [0.3, 0.4) is 0 Å². The third-order valence-corrected chi connectivity index (χ3v) is 12.8. The lowest BCUT2D eigenvalue weighted by Crippen LogP contribution is -2.28. The first-order valence-electron chi connectivity index (χ1n) is 19.9. The van der Waals surface area contributed by atoms with Gasteiger partial charge in [-0.2, -0.15) is 0 Å². The highest BCUT2D eigenvalue weighted by Crippen LogP contribution is 2.51. The summed E-state index contributed by atoms with van der Waals surface area (Å²) < 4.78 is 0. The molecule has 2 aliphatic heterocycles. The van der Waals surface area contributed by atoms with Crippen LogP contribution in [0.5, 0.6) is 0 Å². The van der Waals surface area contributed by atoms with E-state index in [2.05, 4.69) is 161 Å². The number of benzene rings is 6. The van der Waals surface area contributed by atoms with Crippen molar-refractivity contribution in [3.63, 3.8) is 0 Å². The highest BCUT2D eigenvalue weighted by atomic mass is 16.2. The van der Waals surface area contributed by atoms with Crippen LogP contribution in [-0.4, -0.2) is 23.3 Å². The van der Waals surface area contributed by atoms with Gasteiger partial charge in [-0.25, -0.2) is 0 Å². The topological polar surface area (TPSA) is 49.4 Å². The third kappa shape index (κ3) is 4.91. The molecule has 2 heterocycles. The molecule has 56 heavy (non-hydrogen) atoms. The van der Waals surface area contributed by atoms with Crippen LogP contribution >= 0.6 is 0 Å². The molecule has 0 fully saturated rings. The van der Waals surface area contributed by atoms with Crippen molar-refractivity contribution in [3.8, 4) is 44.5 Å². The molecule has 10 rings (SSSR count). The molecular weight excluding hydrogens is 685 g/mol. The Bertz CT molecular complexity index is 2730. The first-order valence-corrected chi connectivity index (χ1v) is 19.9. The van der Waals surface area contributed by atoms with Crippen molar-refractivity contribution >= 4 is 23.2 Å². The van der Waals surface area contributed by atoms with E-state index in [0.29, 0.717) is 29.1 Å². The van der Waals surface area contributed by atoms with Gasteiger partial charge in [0.15, 0.2) is 0 Å². The molecule has 2 aliphatic carbocycles. The molecule has 0 saturated carbocycles. The van der Waals surface area contributed by atoms with E-state index in [1.54, 1.807) is 0 Å². The second-order valence-corrected chi connectivity index (χ2v) is 16.8. The Morgan fingerprint density at radius 2 is 0.946 bits per heavy atom. The van der Waals surface area contributed by atoms with Crippen LogP contribution in [0.1, 0.15) is 80.8 Å². The fourth-order valence-corrected chi connectivity index (χ4v) is 9.75. The minimum Gasteiger partial charge on any atom is -0.321 e. The van der Waals surface area contributed by atoms with Gasteiger partial charge in [-0.05, 0) is 96.4 Å². The van der Waals surface area contributed by atoms with E-state index < -0.39 is 0 Å². The van der Waals surface area contributed by atoms with E-state index in [-0.39, 0.29) is 22.6 Å². The van der Waals surface area contributed by atoms with Gasteiger partial charge in [0.05, 0.1) is 22.5 Å². The molecule has 274 valence electrons. The van der Waals surface area contributed by atoms with E-state index in [9.17, 15) is 9.59 Å². The van der Waals surface area contributed by atoms with Crippen LogP contribution in [0.2, 0.25) is 0 Å². The fraction of sp³-hybridized carbons (Fsp3) is 0.192. The van der Waals surface area contributed by atoms with Gasteiger partial charge < -0.3 is 10.2 Å². The summed E-state index contributed by atoms with van der Waals surface area (Å²) in [4.78, 5) is 30.1.